The van der Waals surface area contributed by atoms with Gasteiger partial charge in [-0.05, 0) is 87.9 Å². The van der Waals surface area contributed by atoms with Crippen molar-refractivity contribution in [3.63, 3.8) is 0 Å². The highest BCUT2D eigenvalue weighted by Crippen LogP contribution is 2.36. The summed E-state index contributed by atoms with van der Waals surface area (Å²) in [7, 11) is 1.45. The molecule has 0 atom stereocenters. The number of aryl methyl sites for hydroxylation is 2. The first-order chi connectivity index (χ1) is 19.3. The topological polar surface area (TPSA) is 54.5 Å². The number of rotatable bonds is 8. The zero-order valence-corrected chi connectivity index (χ0v) is 24.5. The molecule has 0 aliphatic rings. The normalized spacial score (nSPS) is 11.7. The summed E-state index contributed by atoms with van der Waals surface area (Å²) in [5, 5.41) is 3.90. The van der Waals surface area contributed by atoms with Crippen molar-refractivity contribution >= 4 is 22.4 Å². The quantitative estimate of drug-likeness (QED) is 0.236. The molecule has 41 heavy (non-hydrogen) atoms. The molecule has 0 spiro atoms. The van der Waals surface area contributed by atoms with Gasteiger partial charge in [0.15, 0.2) is 0 Å². The Bertz CT molecular complexity index is 1580. The predicted octanol–water partition coefficient (Wildman–Crippen LogP) is 8.02. The van der Waals surface area contributed by atoms with Gasteiger partial charge in [-0.1, -0.05) is 35.9 Å². The highest BCUT2D eigenvalue weighted by atomic mass is 19.4. The third-order valence-electron chi connectivity index (χ3n) is 7.49. The second-order valence-electron chi connectivity index (χ2n) is 10.5. The minimum Gasteiger partial charge on any atom is -0.481 e. The third kappa shape index (κ3) is 6.16. The molecule has 8 heteroatoms. The average Bonchev–Trinajstić information content (AvgIpc) is 2.93. The molecule has 0 radical (unpaired) electrons. The van der Waals surface area contributed by atoms with Gasteiger partial charge in [0.05, 0.1) is 12.7 Å². The fourth-order valence-electron chi connectivity index (χ4n) is 5.24. The van der Waals surface area contributed by atoms with Gasteiger partial charge < -0.3 is 15.0 Å². The van der Waals surface area contributed by atoms with Gasteiger partial charge in [-0.15, -0.1) is 0 Å². The first-order valence-electron chi connectivity index (χ1n) is 13.7. The molecule has 4 aromatic rings. The molecule has 0 fully saturated rings. The highest BCUT2D eigenvalue weighted by molar-refractivity contribution is 5.99. The van der Waals surface area contributed by atoms with Gasteiger partial charge in [-0.25, -0.2) is 4.98 Å². The highest BCUT2D eigenvalue weighted by Gasteiger charge is 2.31. The number of nitrogens with zero attached hydrogens (tertiary/aromatic N) is 2. The number of amides is 1. The summed E-state index contributed by atoms with van der Waals surface area (Å²) in [6, 6.07) is 16.0. The number of hydrogen-bond acceptors (Lipinski definition) is 4. The summed E-state index contributed by atoms with van der Waals surface area (Å²) in [5.74, 6) is -0.0296. The van der Waals surface area contributed by atoms with E-state index in [1.807, 2.05) is 44.2 Å². The molecular formula is C33H36F3N3O2. The van der Waals surface area contributed by atoms with E-state index in [2.05, 4.69) is 42.0 Å². The van der Waals surface area contributed by atoms with E-state index in [9.17, 15) is 18.0 Å². The van der Waals surface area contributed by atoms with Gasteiger partial charge in [0.25, 0.3) is 5.91 Å². The molecule has 4 rings (SSSR count). The molecule has 5 nitrogen and oxygen atoms in total. The van der Waals surface area contributed by atoms with Crippen LogP contribution in [0.25, 0.3) is 21.9 Å². The van der Waals surface area contributed by atoms with Crippen molar-refractivity contribution in [2.24, 2.45) is 0 Å². The number of halogens is 3. The van der Waals surface area contributed by atoms with Gasteiger partial charge in [0.1, 0.15) is 0 Å². The summed E-state index contributed by atoms with van der Waals surface area (Å²) < 4.78 is 45.7. The van der Waals surface area contributed by atoms with E-state index < -0.39 is 11.7 Å². The molecule has 0 aliphatic heterocycles. The van der Waals surface area contributed by atoms with E-state index in [0.29, 0.717) is 27.6 Å². The maximum atomic E-state index is 13.8. The van der Waals surface area contributed by atoms with E-state index in [1.165, 1.54) is 13.2 Å². The second kappa shape index (κ2) is 11.8. The third-order valence-corrected chi connectivity index (χ3v) is 7.49. The number of alkyl halides is 3. The number of aromatic nitrogens is 1. The van der Waals surface area contributed by atoms with E-state index in [-0.39, 0.29) is 24.4 Å². The van der Waals surface area contributed by atoms with Gasteiger partial charge in [-0.3, -0.25) is 4.79 Å². The largest absolute Gasteiger partial charge is 0.481 e. The Balaban J connectivity index is 1.77. The number of ether oxygens (including phenoxy) is 1. The molecule has 1 N–H and O–H groups in total. The number of hydrogen-bond donors (Lipinski definition) is 1. The number of nitrogens with one attached hydrogen (secondary N) is 1. The molecule has 216 valence electrons. The van der Waals surface area contributed by atoms with Crippen LogP contribution in [0, 0.1) is 20.8 Å². The number of benzene rings is 3. The molecule has 1 heterocycles. The predicted molar refractivity (Wildman–Crippen MR) is 159 cm³/mol. The van der Waals surface area contributed by atoms with Crippen LogP contribution in [0.1, 0.15) is 59.1 Å². The molecule has 0 saturated heterocycles. The summed E-state index contributed by atoms with van der Waals surface area (Å²) in [6.45, 7) is 12.7. The smallest absolute Gasteiger partial charge is 0.416 e. The Morgan fingerprint density at radius 3 is 2.24 bits per heavy atom. The van der Waals surface area contributed by atoms with Gasteiger partial charge in [0.2, 0.25) is 5.88 Å². The van der Waals surface area contributed by atoms with Crippen LogP contribution >= 0.6 is 0 Å². The van der Waals surface area contributed by atoms with Crippen molar-refractivity contribution in [2.45, 2.75) is 60.3 Å². The minimum absolute atomic E-state index is 0.0301. The zero-order valence-electron chi connectivity index (χ0n) is 24.5. The zero-order chi connectivity index (χ0) is 30.1. The van der Waals surface area contributed by atoms with Crippen LogP contribution in [0.3, 0.4) is 0 Å². The van der Waals surface area contributed by atoms with Crippen LogP contribution in [-0.2, 0) is 12.7 Å². The lowest BCUT2D eigenvalue weighted by atomic mass is 9.95. The first-order valence-corrected chi connectivity index (χ1v) is 13.7. The molecule has 1 amide bonds. The Hall–Kier alpha value is -4.07. The molecule has 0 bridgehead atoms. The molecule has 0 saturated carbocycles. The summed E-state index contributed by atoms with van der Waals surface area (Å²) in [4.78, 5) is 20.4. The molecule has 3 aromatic carbocycles. The standard InChI is InChI=1S/C33H36F3N3O2/c1-8-39(19(2)3)30-16-24(23-11-9-20(4)10-12-23)15-27(21(30)5)31(40)37-18-29-26-14-13-25(33(34,35)36)17-28(26)22(6)38-32(29)41-7/h9-17,19H,8,18H2,1-7H3,(H,37,40). The van der Waals surface area contributed by atoms with Crippen LogP contribution in [0.4, 0.5) is 18.9 Å². The van der Waals surface area contributed by atoms with Crippen molar-refractivity contribution in [3.05, 3.63) is 88.1 Å². The van der Waals surface area contributed by atoms with Gasteiger partial charge in [-0.2, -0.15) is 13.2 Å². The minimum atomic E-state index is -4.48. The monoisotopic (exact) mass is 563 g/mol. The van der Waals surface area contributed by atoms with Gasteiger partial charge >= 0.3 is 6.18 Å². The van der Waals surface area contributed by atoms with E-state index in [4.69, 9.17) is 4.74 Å². The molecule has 0 unspecified atom stereocenters. The van der Waals surface area contributed by atoms with Crippen LogP contribution in [0.5, 0.6) is 5.88 Å². The number of pyridine rings is 1. The Morgan fingerprint density at radius 1 is 0.976 bits per heavy atom. The fraction of sp³-hybridized carbons (Fsp3) is 0.333. The number of carbonyl (C=O) groups excluding carboxylic acids is 1. The maximum absolute atomic E-state index is 13.8. The van der Waals surface area contributed by atoms with Crippen molar-refractivity contribution in [1.82, 2.24) is 10.3 Å². The summed E-state index contributed by atoms with van der Waals surface area (Å²) >= 11 is 0. The molecule has 0 aliphatic carbocycles. The van der Waals surface area contributed by atoms with Crippen molar-refractivity contribution in [2.75, 3.05) is 18.6 Å². The lowest BCUT2D eigenvalue weighted by molar-refractivity contribution is -0.137. The van der Waals surface area contributed by atoms with Crippen LogP contribution in [-0.4, -0.2) is 30.6 Å². The van der Waals surface area contributed by atoms with E-state index >= 15 is 0 Å². The van der Waals surface area contributed by atoms with Crippen LogP contribution < -0.4 is 15.0 Å². The fourth-order valence-corrected chi connectivity index (χ4v) is 5.24. The number of methoxy groups -OCH3 is 1. The van der Waals surface area contributed by atoms with Crippen molar-refractivity contribution in [3.8, 4) is 17.0 Å². The van der Waals surface area contributed by atoms with E-state index in [1.54, 1.807) is 6.92 Å². The number of carbonyl (C=O) groups is 1. The van der Waals surface area contributed by atoms with Crippen molar-refractivity contribution in [1.29, 1.82) is 0 Å². The lowest BCUT2D eigenvalue weighted by Gasteiger charge is -2.30. The van der Waals surface area contributed by atoms with Gasteiger partial charge in [0, 0.05) is 47.0 Å². The number of fused-ring (bicyclic) bond motifs is 1. The SMILES string of the molecule is CCN(c1cc(-c2ccc(C)cc2)cc(C(=O)NCc2c(OC)nc(C)c3cc(C(F)(F)F)ccc23)c1C)C(C)C. The summed E-state index contributed by atoms with van der Waals surface area (Å²) in [6.07, 6.45) is -4.48. The molecular weight excluding hydrogens is 527 g/mol. The van der Waals surface area contributed by atoms with Crippen LogP contribution in [0.2, 0.25) is 0 Å². The Kier molecular flexibility index (Phi) is 8.61. The Morgan fingerprint density at radius 2 is 1.66 bits per heavy atom. The molecule has 1 aromatic heterocycles. The summed E-state index contributed by atoms with van der Waals surface area (Å²) in [5.41, 5.74) is 5.60. The van der Waals surface area contributed by atoms with Crippen LogP contribution in [0.15, 0.2) is 54.6 Å². The first kappa shape index (κ1) is 29.9. The average molecular weight is 564 g/mol. The maximum Gasteiger partial charge on any atom is 0.416 e. The lowest BCUT2D eigenvalue weighted by Crippen LogP contribution is -2.32. The van der Waals surface area contributed by atoms with E-state index in [0.717, 1.165) is 46.6 Å². The number of anilines is 1. The Labute approximate surface area is 239 Å². The second-order valence-corrected chi connectivity index (χ2v) is 10.5. The van der Waals surface area contributed by atoms with Crippen molar-refractivity contribution < 1.29 is 22.7 Å².